The monoisotopic (exact) mass is 409 g/mol. The lowest BCUT2D eigenvalue weighted by Crippen LogP contribution is -2.44. The Morgan fingerprint density at radius 2 is 1.62 bits per heavy atom. The normalized spacial score (nSPS) is 28.9. The molecular weight excluding hydrogens is 394 g/mol. The number of nitrogens with one attached hydrogen (secondary N) is 1. The predicted molar refractivity (Wildman–Crippen MR) is 95.2 cm³/mol. The predicted octanol–water partition coefficient (Wildman–Crippen LogP) is 2.14. The maximum Gasteiger partial charge on any atom is 0.262 e. The zero-order chi connectivity index (χ0) is 21.0. The number of rotatable bonds is 2. The molecule has 10 heteroatoms. The number of hydrogen-bond acceptors (Lipinski definition) is 4. The van der Waals surface area contributed by atoms with Crippen LogP contribution in [0.1, 0.15) is 38.6 Å². The average molecular weight is 409 g/mol. The van der Waals surface area contributed by atoms with Crippen molar-refractivity contribution in [3.05, 3.63) is 57.4 Å². The molecule has 1 aromatic carbocycles. The number of nitrogens with two attached hydrogens (primary N) is 1. The first-order valence-electron chi connectivity index (χ1n) is 8.78. The van der Waals surface area contributed by atoms with Crippen molar-refractivity contribution in [3.8, 4) is 5.69 Å². The topological polar surface area (TPSA) is 94.2 Å². The first kappa shape index (κ1) is 19.2. The molecular formula is C19H15F4N3O3. The molecule has 0 bridgehead atoms. The fourth-order valence-electron chi connectivity index (χ4n) is 3.89. The molecule has 1 aliphatic heterocycles. The quantitative estimate of drug-likeness (QED) is 0.587. The van der Waals surface area contributed by atoms with E-state index in [2.05, 4.69) is 0 Å². The highest BCUT2D eigenvalue weighted by Gasteiger charge is 2.47. The SMILES string of the molecule is Nc1c2c(cc(=O)n1-c1cccc(C3C(F)C(F)CC(F)C3F)c1)C(=O)NC2=O. The molecule has 1 aliphatic carbocycles. The van der Waals surface area contributed by atoms with Gasteiger partial charge in [0.05, 0.1) is 22.7 Å². The highest BCUT2D eigenvalue weighted by Crippen LogP contribution is 2.40. The highest BCUT2D eigenvalue weighted by atomic mass is 19.2. The second kappa shape index (κ2) is 6.71. The largest absolute Gasteiger partial charge is 0.384 e. The van der Waals surface area contributed by atoms with Gasteiger partial charge in [0.1, 0.15) is 30.5 Å². The van der Waals surface area contributed by atoms with E-state index in [4.69, 9.17) is 5.73 Å². The summed E-state index contributed by atoms with van der Waals surface area (Å²) in [6, 6.07) is 6.13. The van der Waals surface area contributed by atoms with E-state index < -0.39 is 54.4 Å². The van der Waals surface area contributed by atoms with E-state index in [0.717, 1.165) is 10.6 Å². The van der Waals surface area contributed by atoms with Crippen LogP contribution in [-0.2, 0) is 0 Å². The van der Waals surface area contributed by atoms with Gasteiger partial charge < -0.3 is 5.73 Å². The van der Waals surface area contributed by atoms with Crippen LogP contribution in [0.5, 0.6) is 0 Å². The minimum atomic E-state index is -2.26. The van der Waals surface area contributed by atoms with Gasteiger partial charge in [-0.25, -0.2) is 17.6 Å². The van der Waals surface area contributed by atoms with E-state index in [0.29, 0.717) is 0 Å². The summed E-state index contributed by atoms with van der Waals surface area (Å²) in [7, 11) is 0. The van der Waals surface area contributed by atoms with E-state index >= 15 is 0 Å². The summed E-state index contributed by atoms with van der Waals surface area (Å²) in [5, 5.41) is 2.02. The van der Waals surface area contributed by atoms with Gasteiger partial charge in [-0.15, -0.1) is 0 Å². The standard InChI is InChI=1S/C19H15F4N3O3/c20-10-6-11(21)16(23)13(15(10)22)7-2-1-3-8(4-7)26-12(27)5-9-14(17(26)24)19(29)25-18(9)28/h1-5,10-11,13,15-16H,6,24H2,(H,25,28,29). The lowest BCUT2D eigenvalue weighted by molar-refractivity contribution is -0.00570. The number of benzene rings is 1. The number of amides is 2. The van der Waals surface area contributed by atoms with E-state index in [1.807, 2.05) is 5.32 Å². The van der Waals surface area contributed by atoms with Crippen molar-refractivity contribution in [2.45, 2.75) is 37.0 Å². The van der Waals surface area contributed by atoms with Gasteiger partial charge in [0.15, 0.2) is 0 Å². The zero-order valence-corrected chi connectivity index (χ0v) is 14.7. The Morgan fingerprint density at radius 1 is 0.966 bits per heavy atom. The second-order valence-corrected chi connectivity index (χ2v) is 7.05. The molecule has 4 atom stereocenters. The second-order valence-electron chi connectivity index (χ2n) is 7.05. The number of nitrogens with zero attached hydrogens (tertiary/aromatic N) is 1. The molecule has 0 spiro atoms. The van der Waals surface area contributed by atoms with E-state index in [-0.39, 0.29) is 28.2 Å². The summed E-state index contributed by atoms with van der Waals surface area (Å²) in [5.74, 6) is -3.59. The number of halogens is 4. The van der Waals surface area contributed by atoms with Crippen LogP contribution >= 0.6 is 0 Å². The third-order valence-electron chi connectivity index (χ3n) is 5.29. The van der Waals surface area contributed by atoms with Crippen molar-refractivity contribution in [1.82, 2.24) is 9.88 Å². The van der Waals surface area contributed by atoms with Crippen LogP contribution in [0, 0.1) is 0 Å². The summed E-state index contributed by atoms with van der Waals surface area (Å²) >= 11 is 0. The van der Waals surface area contributed by atoms with Crippen molar-refractivity contribution in [2.24, 2.45) is 0 Å². The summed E-state index contributed by atoms with van der Waals surface area (Å²) in [5.41, 5.74) is 4.78. The maximum atomic E-state index is 14.4. The average Bonchev–Trinajstić information content (AvgIpc) is 2.94. The Morgan fingerprint density at radius 3 is 2.28 bits per heavy atom. The van der Waals surface area contributed by atoms with Gasteiger partial charge in [-0.2, -0.15) is 0 Å². The number of carbonyl (C=O) groups excluding carboxylic acids is 2. The van der Waals surface area contributed by atoms with Crippen molar-refractivity contribution >= 4 is 17.6 Å². The summed E-state index contributed by atoms with van der Waals surface area (Å²) < 4.78 is 57.2. The van der Waals surface area contributed by atoms with Gasteiger partial charge in [-0.3, -0.25) is 24.3 Å². The van der Waals surface area contributed by atoms with Gasteiger partial charge in [-0.05, 0) is 17.7 Å². The molecule has 4 unspecified atom stereocenters. The van der Waals surface area contributed by atoms with Crippen LogP contribution < -0.4 is 16.6 Å². The summed E-state index contributed by atoms with van der Waals surface area (Å²) in [6.45, 7) is 0. The third kappa shape index (κ3) is 2.90. The molecule has 2 aromatic rings. The zero-order valence-electron chi connectivity index (χ0n) is 14.7. The van der Waals surface area contributed by atoms with Gasteiger partial charge in [-0.1, -0.05) is 12.1 Å². The van der Waals surface area contributed by atoms with Crippen LogP contribution in [0.25, 0.3) is 5.69 Å². The molecule has 152 valence electrons. The molecule has 2 aliphatic rings. The maximum absolute atomic E-state index is 14.4. The fraction of sp³-hybridized carbons (Fsp3) is 0.316. The molecule has 6 nitrogen and oxygen atoms in total. The number of aromatic nitrogens is 1. The van der Waals surface area contributed by atoms with Gasteiger partial charge in [0.25, 0.3) is 17.4 Å². The number of hydrogen-bond donors (Lipinski definition) is 2. The van der Waals surface area contributed by atoms with Crippen molar-refractivity contribution < 1.29 is 27.2 Å². The van der Waals surface area contributed by atoms with Crippen LogP contribution in [0.2, 0.25) is 0 Å². The Balaban J connectivity index is 1.84. The molecule has 0 radical (unpaired) electrons. The first-order chi connectivity index (χ1) is 13.7. The van der Waals surface area contributed by atoms with E-state index in [9.17, 15) is 31.9 Å². The minimum Gasteiger partial charge on any atom is -0.384 e. The Bertz CT molecular complexity index is 1070. The number of nitrogen functional groups attached to an aromatic ring is 1. The molecule has 1 saturated carbocycles. The molecule has 4 rings (SSSR count). The Labute approximate surface area is 161 Å². The molecule has 0 saturated heterocycles. The molecule has 3 N–H and O–H groups in total. The molecule has 1 aromatic heterocycles. The minimum absolute atomic E-state index is 0.0377. The Hall–Kier alpha value is -3.17. The van der Waals surface area contributed by atoms with Crippen molar-refractivity contribution in [2.75, 3.05) is 5.73 Å². The number of pyridine rings is 1. The van der Waals surface area contributed by atoms with Gasteiger partial charge in [0, 0.05) is 12.5 Å². The van der Waals surface area contributed by atoms with E-state index in [1.165, 1.54) is 24.3 Å². The molecule has 29 heavy (non-hydrogen) atoms. The smallest absolute Gasteiger partial charge is 0.262 e. The third-order valence-corrected chi connectivity index (χ3v) is 5.29. The van der Waals surface area contributed by atoms with Gasteiger partial charge >= 0.3 is 0 Å². The molecule has 2 heterocycles. The fourth-order valence-corrected chi connectivity index (χ4v) is 3.89. The number of anilines is 1. The van der Waals surface area contributed by atoms with Gasteiger partial charge in [0.2, 0.25) is 0 Å². The Kier molecular flexibility index (Phi) is 4.44. The van der Waals surface area contributed by atoms with Crippen LogP contribution in [-0.4, -0.2) is 41.1 Å². The summed E-state index contributed by atoms with van der Waals surface area (Å²) in [6.07, 6.45) is -9.70. The number of carbonyl (C=O) groups is 2. The lowest BCUT2D eigenvalue weighted by Gasteiger charge is -2.34. The molecule has 1 fully saturated rings. The van der Waals surface area contributed by atoms with Crippen LogP contribution in [0.15, 0.2) is 35.1 Å². The number of alkyl halides is 4. The number of fused-ring (bicyclic) bond motifs is 1. The molecule has 2 amide bonds. The highest BCUT2D eigenvalue weighted by molar-refractivity contribution is 6.23. The van der Waals surface area contributed by atoms with Crippen molar-refractivity contribution in [1.29, 1.82) is 0 Å². The van der Waals surface area contributed by atoms with Crippen molar-refractivity contribution in [3.63, 3.8) is 0 Å². The number of imide groups is 1. The van der Waals surface area contributed by atoms with Crippen LogP contribution in [0.3, 0.4) is 0 Å². The van der Waals surface area contributed by atoms with E-state index in [1.54, 1.807) is 0 Å². The van der Waals surface area contributed by atoms with Crippen LogP contribution in [0.4, 0.5) is 23.4 Å². The first-order valence-corrected chi connectivity index (χ1v) is 8.78. The lowest BCUT2D eigenvalue weighted by atomic mass is 9.79. The summed E-state index contributed by atoms with van der Waals surface area (Å²) in [4.78, 5) is 36.2.